The van der Waals surface area contributed by atoms with Gasteiger partial charge in [-0.15, -0.1) is 0 Å². The van der Waals surface area contributed by atoms with Crippen molar-refractivity contribution in [2.45, 2.75) is 13.2 Å². The minimum atomic E-state index is -0.143. The predicted molar refractivity (Wildman–Crippen MR) is 140 cm³/mol. The van der Waals surface area contributed by atoms with Gasteiger partial charge in [0.05, 0.1) is 35.4 Å². The minimum Gasteiger partial charge on any atom is -0.458 e. The predicted octanol–water partition coefficient (Wildman–Crippen LogP) is 4.35. The summed E-state index contributed by atoms with van der Waals surface area (Å²) in [5.41, 5.74) is 9.37. The number of nitrogens with two attached hydrogens (primary N) is 1. The third kappa shape index (κ3) is 4.33. The van der Waals surface area contributed by atoms with Gasteiger partial charge in [-0.05, 0) is 29.3 Å². The lowest BCUT2D eigenvalue weighted by molar-refractivity contribution is 0.282. The van der Waals surface area contributed by atoms with Gasteiger partial charge in [0.25, 0.3) is 0 Å². The first-order chi connectivity index (χ1) is 17.6. The van der Waals surface area contributed by atoms with Gasteiger partial charge in [-0.2, -0.15) is 0 Å². The van der Waals surface area contributed by atoms with Crippen LogP contribution in [0, 0.1) is 5.41 Å². The zero-order valence-electron chi connectivity index (χ0n) is 19.2. The Morgan fingerprint density at radius 1 is 1.00 bits per heavy atom. The Kier molecular flexibility index (Phi) is 6.25. The van der Waals surface area contributed by atoms with E-state index in [-0.39, 0.29) is 30.1 Å². The van der Waals surface area contributed by atoms with E-state index >= 15 is 0 Å². The van der Waals surface area contributed by atoms with Gasteiger partial charge in [-0.1, -0.05) is 60.7 Å². The summed E-state index contributed by atoms with van der Waals surface area (Å²) < 4.78 is 6.18. The number of fused-ring (bicyclic) bond motifs is 1. The molecular formula is C28H23N5O3. The van der Waals surface area contributed by atoms with Gasteiger partial charge in [-0.25, -0.2) is 9.97 Å². The van der Waals surface area contributed by atoms with Crippen molar-refractivity contribution >= 4 is 28.3 Å². The Bertz CT molecular complexity index is 1630. The zero-order valence-corrected chi connectivity index (χ0v) is 19.2. The lowest BCUT2D eigenvalue weighted by atomic mass is 10.0. The standard InChI is InChI=1S/C28H23N5O3/c29-25(19-10-6-7-17(13-19)15-34)24-27(30)32-16-33-28(24)31-14-22-23(18-8-2-1-3-9-18)26(35)20-11-4-5-12-21(20)36-22/h1-13,16,29,34H,14-15H2,(H3,30,31,32,33). The van der Waals surface area contributed by atoms with Crippen molar-refractivity contribution in [2.24, 2.45) is 0 Å². The van der Waals surface area contributed by atoms with Crippen molar-refractivity contribution < 1.29 is 9.52 Å². The molecule has 0 aliphatic rings. The fourth-order valence-corrected chi connectivity index (χ4v) is 4.12. The summed E-state index contributed by atoms with van der Waals surface area (Å²) in [6.07, 6.45) is 1.31. The second-order valence-corrected chi connectivity index (χ2v) is 8.16. The maximum atomic E-state index is 13.4. The van der Waals surface area contributed by atoms with Crippen molar-refractivity contribution in [1.82, 2.24) is 9.97 Å². The van der Waals surface area contributed by atoms with E-state index in [9.17, 15) is 9.90 Å². The van der Waals surface area contributed by atoms with Gasteiger partial charge in [-0.3, -0.25) is 10.2 Å². The molecule has 5 rings (SSSR count). The molecule has 0 radical (unpaired) electrons. The molecule has 0 amide bonds. The molecule has 8 nitrogen and oxygen atoms in total. The number of anilines is 2. The molecule has 0 spiro atoms. The van der Waals surface area contributed by atoms with Gasteiger partial charge >= 0.3 is 0 Å². The average Bonchev–Trinajstić information content (AvgIpc) is 2.92. The highest BCUT2D eigenvalue weighted by Crippen LogP contribution is 2.27. The normalized spacial score (nSPS) is 10.9. The van der Waals surface area contributed by atoms with E-state index in [2.05, 4.69) is 15.3 Å². The van der Waals surface area contributed by atoms with Gasteiger partial charge in [0.1, 0.15) is 29.3 Å². The number of nitrogens with zero attached hydrogens (tertiary/aromatic N) is 2. The zero-order chi connectivity index (χ0) is 25.1. The monoisotopic (exact) mass is 477 g/mol. The number of aliphatic hydroxyl groups excluding tert-OH is 1. The number of aromatic nitrogens is 2. The van der Waals surface area contributed by atoms with E-state index in [4.69, 9.17) is 15.6 Å². The first kappa shape index (κ1) is 22.9. The Labute approximate surface area is 206 Å². The van der Waals surface area contributed by atoms with E-state index in [1.54, 1.807) is 42.5 Å². The number of hydrogen-bond donors (Lipinski definition) is 4. The summed E-state index contributed by atoms with van der Waals surface area (Å²) in [7, 11) is 0. The second-order valence-electron chi connectivity index (χ2n) is 8.16. The topological polar surface area (TPSA) is 138 Å². The molecule has 0 fully saturated rings. The van der Waals surface area contributed by atoms with Crippen LogP contribution in [0.5, 0.6) is 0 Å². The van der Waals surface area contributed by atoms with Crippen LogP contribution < -0.4 is 16.5 Å². The Morgan fingerprint density at radius 2 is 1.78 bits per heavy atom. The van der Waals surface area contributed by atoms with Crippen LogP contribution in [-0.4, -0.2) is 20.8 Å². The molecule has 0 bridgehead atoms. The van der Waals surface area contributed by atoms with Crippen LogP contribution in [0.25, 0.3) is 22.1 Å². The lowest BCUT2D eigenvalue weighted by Gasteiger charge is -2.15. The number of hydrogen-bond acceptors (Lipinski definition) is 8. The van der Waals surface area contributed by atoms with Crippen LogP contribution >= 0.6 is 0 Å². The van der Waals surface area contributed by atoms with Gasteiger partial charge in [0.15, 0.2) is 0 Å². The first-order valence-electron chi connectivity index (χ1n) is 11.3. The molecule has 0 saturated carbocycles. The summed E-state index contributed by atoms with van der Waals surface area (Å²) in [5.74, 6) is 0.897. The average molecular weight is 478 g/mol. The van der Waals surface area contributed by atoms with Crippen molar-refractivity contribution in [3.63, 3.8) is 0 Å². The quantitative estimate of drug-likeness (QED) is 0.256. The van der Waals surface area contributed by atoms with Crippen LogP contribution in [0.1, 0.15) is 22.5 Å². The molecule has 8 heteroatoms. The smallest absolute Gasteiger partial charge is 0.200 e. The number of aliphatic hydroxyl groups is 1. The van der Waals surface area contributed by atoms with Crippen LogP contribution in [0.15, 0.2) is 94.4 Å². The third-order valence-electron chi connectivity index (χ3n) is 5.87. The van der Waals surface area contributed by atoms with Crippen molar-refractivity contribution in [1.29, 1.82) is 5.41 Å². The SMILES string of the molecule is N=C(c1cccc(CO)c1)c1c(N)ncnc1NCc1oc2ccccc2c(=O)c1-c1ccccc1. The van der Waals surface area contributed by atoms with E-state index in [0.717, 1.165) is 5.56 Å². The Balaban J connectivity index is 1.56. The van der Waals surface area contributed by atoms with Crippen LogP contribution in [0.2, 0.25) is 0 Å². The number of rotatable bonds is 7. The highest BCUT2D eigenvalue weighted by molar-refractivity contribution is 6.16. The van der Waals surface area contributed by atoms with Gasteiger partial charge in [0, 0.05) is 5.56 Å². The van der Waals surface area contributed by atoms with Crippen LogP contribution in [0.3, 0.4) is 0 Å². The first-order valence-corrected chi connectivity index (χ1v) is 11.3. The van der Waals surface area contributed by atoms with Crippen molar-refractivity contribution in [3.8, 4) is 11.1 Å². The molecule has 36 heavy (non-hydrogen) atoms. The van der Waals surface area contributed by atoms with Gasteiger partial charge < -0.3 is 20.6 Å². The molecule has 0 aliphatic carbocycles. The molecule has 0 unspecified atom stereocenters. The Hall–Kier alpha value is -4.82. The minimum absolute atomic E-state index is 0.106. The molecule has 0 atom stereocenters. The number of benzene rings is 3. The summed E-state index contributed by atoms with van der Waals surface area (Å²) in [5, 5.41) is 21.9. The van der Waals surface area contributed by atoms with Crippen molar-refractivity contribution in [3.05, 3.63) is 118 Å². The molecule has 3 aromatic carbocycles. The maximum Gasteiger partial charge on any atom is 0.200 e. The van der Waals surface area contributed by atoms with E-state index in [1.807, 2.05) is 36.4 Å². The molecule has 178 valence electrons. The molecule has 5 N–H and O–H groups in total. The lowest BCUT2D eigenvalue weighted by Crippen LogP contribution is -2.16. The third-order valence-corrected chi connectivity index (χ3v) is 5.87. The summed E-state index contributed by atoms with van der Waals surface area (Å²) in [6.45, 7) is -0.0199. The number of nitrogen functional groups attached to an aromatic ring is 1. The van der Waals surface area contributed by atoms with Crippen LogP contribution in [0.4, 0.5) is 11.6 Å². The Morgan fingerprint density at radius 3 is 2.58 bits per heavy atom. The number of nitrogens with one attached hydrogen (secondary N) is 2. The largest absolute Gasteiger partial charge is 0.458 e. The summed E-state index contributed by atoms with van der Waals surface area (Å²) in [6, 6.07) is 23.5. The number of para-hydroxylation sites is 1. The fourth-order valence-electron chi connectivity index (χ4n) is 4.12. The fraction of sp³-hybridized carbons (Fsp3) is 0.0714. The molecule has 0 aliphatic heterocycles. The maximum absolute atomic E-state index is 13.4. The summed E-state index contributed by atoms with van der Waals surface area (Å²) in [4.78, 5) is 21.8. The molecule has 2 heterocycles. The molecule has 2 aromatic heterocycles. The molecule has 0 saturated heterocycles. The molecular weight excluding hydrogens is 454 g/mol. The highest BCUT2D eigenvalue weighted by atomic mass is 16.3. The van der Waals surface area contributed by atoms with Crippen LogP contribution in [-0.2, 0) is 13.2 Å². The summed E-state index contributed by atoms with van der Waals surface area (Å²) >= 11 is 0. The van der Waals surface area contributed by atoms with E-state index in [1.165, 1.54) is 6.33 Å². The van der Waals surface area contributed by atoms with E-state index < -0.39 is 0 Å². The van der Waals surface area contributed by atoms with E-state index in [0.29, 0.717) is 44.8 Å². The second kappa shape index (κ2) is 9.81. The molecule has 5 aromatic rings. The van der Waals surface area contributed by atoms with Crippen molar-refractivity contribution in [2.75, 3.05) is 11.1 Å². The highest BCUT2D eigenvalue weighted by Gasteiger charge is 2.19. The van der Waals surface area contributed by atoms with Gasteiger partial charge in [0.2, 0.25) is 5.43 Å².